The Morgan fingerprint density at radius 3 is 2.73 bits per heavy atom. The summed E-state index contributed by atoms with van der Waals surface area (Å²) < 4.78 is 0.944. The number of halogens is 1. The van der Waals surface area contributed by atoms with Gasteiger partial charge in [0.05, 0.1) is 0 Å². The lowest BCUT2D eigenvalue weighted by molar-refractivity contribution is 0.315. The number of rotatable bonds is 2. The second-order valence-corrected chi connectivity index (χ2v) is 5.17. The van der Waals surface area contributed by atoms with E-state index in [1.54, 1.807) is 0 Å². The third-order valence-corrected chi connectivity index (χ3v) is 3.41. The highest BCUT2D eigenvalue weighted by Gasteiger charge is 2.24. The fourth-order valence-electron chi connectivity index (χ4n) is 1.85. The van der Waals surface area contributed by atoms with E-state index in [-0.39, 0.29) is 0 Å². The zero-order chi connectivity index (χ0) is 10.8. The normalized spacial score (nSPS) is 21.3. The molecule has 0 spiro atoms. The lowest BCUT2D eigenvalue weighted by Crippen LogP contribution is -2.31. The van der Waals surface area contributed by atoms with E-state index >= 15 is 0 Å². The Labute approximate surface area is 104 Å². The van der Waals surface area contributed by atoms with Crippen molar-refractivity contribution in [3.05, 3.63) is 15.8 Å². The van der Waals surface area contributed by atoms with Crippen LogP contribution in [0.3, 0.4) is 0 Å². The van der Waals surface area contributed by atoms with E-state index in [0.717, 1.165) is 22.6 Å². The van der Waals surface area contributed by atoms with Gasteiger partial charge in [-0.05, 0) is 55.2 Å². The topological polar surface area (TPSA) is 32.3 Å². The summed E-state index contributed by atoms with van der Waals surface area (Å²) in [5.41, 5.74) is 0. The highest BCUT2D eigenvalue weighted by atomic mass is 127. The van der Waals surface area contributed by atoms with E-state index < -0.39 is 0 Å². The first-order valence-electron chi connectivity index (χ1n) is 5.07. The van der Waals surface area contributed by atoms with Crippen molar-refractivity contribution in [1.29, 1.82) is 0 Å². The Hall–Kier alpha value is -0.430. The van der Waals surface area contributed by atoms with E-state index in [1.807, 2.05) is 12.1 Å². The van der Waals surface area contributed by atoms with Crippen LogP contribution in [0, 0.1) is 3.70 Å². The quantitative estimate of drug-likeness (QED) is 0.768. The van der Waals surface area contributed by atoms with Gasteiger partial charge in [-0.2, -0.15) is 0 Å². The molecule has 5 heteroatoms. The summed E-state index contributed by atoms with van der Waals surface area (Å²) in [4.78, 5) is 4.58. The molecule has 1 aliphatic rings. The number of likely N-dealkylation sites (N-methyl/N-ethyl adjacent to an activating group) is 1. The van der Waals surface area contributed by atoms with Gasteiger partial charge in [-0.25, -0.2) is 0 Å². The highest BCUT2D eigenvalue weighted by Crippen LogP contribution is 2.19. The molecular formula is C10H15IN4. The molecule has 1 fully saturated rings. The van der Waals surface area contributed by atoms with Crippen LogP contribution in [-0.4, -0.2) is 48.3 Å². The minimum atomic E-state index is 0.645. The second-order valence-electron chi connectivity index (χ2n) is 4.07. The number of hydrogen-bond donors (Lipinski definition) is 0. The van der Waals surface area contributed by atoms with Gasteiger partial charge < -0.3 is 9.80 Å². The first-order valence-corrected chi connectivity index (χ1v) is 6.15. The summed E-state index contributed by atoms with van der Waals surface area (Å²) in [5, 5.41) is 8.28. The second kappa shape index (κ2) is 4.61. The first kappa shape index (κ1) is 11.1. The average Bonchev–Trinajstić information content (AvgIpc) is 2.68. The Bertz CT molecular complexity index is 325. The van der Waals surface area contributed by atoms with Gasteiger partial charge in [0.25, 0.3) is 0 Å². The smallest absolute Gasteiger partial charge is 0.151 e. The van der Waals surface area contributed by atoms with Crippen molar-refractivity contribution >= 4 is 28.4 Å². The Morgan fingerprint density at radius 1 is 1.40 bits per heavy atom. The molecule has 82 valence electrons. The van der Waals surface area contributed by atoms with E-state index in [0.29, 0.717) is 6.04 Å². The summed E-state index contributed by atoms with van der Waals surface area (Å²) in [6, 6.07) is 4.70. The van der Waals surface area contributed by atoms with Crippen molar-refractivity contribution in [2.75, 3.05) is 32.1 Å². The summed E-state index contributed by atoms with van der Waals surface area (Å²) in [5.74, 6) is 1.000. The molecular weight excluding hydrogens is 303 g/mol. The maximum absolute atomic E-state index is 4.20. The number of anilines is 1. The van der Waals surface area contributed by atoms with Crippen LogP contribution in [-0.2, 0) is 0 Å². The standard InChI is InChI=1S/C10H15IN4/c1-14(2)8-5-6-15(7-8)10-4-3-9(11)12-13-10/h3-4,8H,5-7H2,1-2H3. The minimum Gasteiger partial charge on any atom is -0.354 e. The largest absolute Gasteiger partial charge is 0.354 e. The third kappa shape index (κ3) is 2.57. The molecule has 0 bridgehead atoms. The van der Waals surface area contributed by atoms with Gasteiger partial charge in [-0.3, -0.25) is 0 Å². The first-order chi connectivity index (χ1) is 7.16. The van der Waals surface area contributed by atoms with Crippen molar-refractivity contribution in [1.82, 2.24) is 15.1 Å². The van der Waals surface area contributed by atoms with Crippen molar-refractivity contribution in [3.8, 4) is 0 Å². The molecule has 1 saturated heterocycles. The Kier molecular flexibility index (Phi) is 3.40. The lowest BCUT2D eigenvalue weighted by Gasteiger charge is -2.20. The number of nitrogens with zero attached hydrogens (tertiary/aromatic N) is 4. The molecule has 1 atom stereocenters. The fraction of sp³-hybridized carbons (Fsp3) is 0.600. The van der Waals surface area contributed by atoms with Crippen molar-refractivity contribution in [3.63, 3.8) is 0 Å². The van der Waals surface area contributed by atoms with E-state index in [9.17, 15) is 0 Å². The number of hydrogen-bond acceptors (Lipinski definition) is 4. The molecule has 15 heavy (non-hydrogen) atoms. The average molecular weight is 318 g/mol. The van der Waals surface area contributed by atoms with Crippen LogP contribution in [0.4, 0.5) is 5.82 Å². The summed E-state index contributed by atoms with van der Waals surface area (Å²) >= 11 is 2.17. The predicted molar refractivity (Wildman–Crippen MR) is 69.1 cm³/mol. The molecule has 1 unspecified atom stereocenters. The van der Waals surface area contributed by atoms with Crippen molar-refractivity contribution in [2.24, 2.45) is 0 Å². The van der Waals surface area contributed by atoms with Crippen LogP contribution in [0.1, 0.15) is 6.42 Å². The molecule has 0 radical (unpaired) electrons. The maximum Gasteiger partial charge on any atom is 0.151 e. The van der Waals surface area contributed by atoms with Gasteiger partial charge in [-0.15, -0.1) is 10.2 Å². The van der Waals surface area contributed by atoms with E-state index in [4.69, 9.17) is 0 Å². The molecule has 0 aromatic carbocycles. The predicted octanol–water partition coefficient (Wildman–Crippen LogP) is 1.22. The maximum atomic E-state index is 4.20. The zero-order valence-corrected chi connectivity index (χ0v) is 11.2. The van der Waals surface area contributed by atoms with Crippen LogP contribution in [0.2, 0.25) is 0 Å². The monoisotopic (exact) mass is 318 g/mol. The van der Waals surface area contributed by atoms with Crippen LogP contribution < -0.4 is 4.90 Å². The number of aromatic nitrogens is 2. The molecule has 0 aliphatic carbocycles. The molecule has 2 heterocycles. The molecule has 1 aliphatic heterocycles. The molecule has 0 saturated carbocycles. The van der Waals surface area contributed by atoms with Crippen LogP contribution in [0.15, 0.2) is 12.1 Å². The summed E-state index contributed by atoms with van der Waals surface area (Å²) in [6.45, 7) is 2.14. The van der Waals surface area contributed by atoms with Gasteiger partial charge in [-0.1, -0.05) is 0 Å². The van der Waals surface area contributed by atoms with Crippen LogP contribution in [0.5, 0.6) is 0 Å². The highest BCUT2D eigenvalue weighted by molar-refractivity contribution is 14.1. The van der Waals surface area contributed by atoms with Crippen molar-refractivity contribution < 1.29 is 0 Å². The van der Waals surface area contributed by atoms with Crippen LogP contribution >= 0.6 is 22.6 Å². The summed E-state index contributed by atoms with van der Waals surface area (Å²) in [7, 11) is 4.27. The van der Waals surface area contributed by atoms with Gasteiger partial charge in [0.15, 0.2) is 5.82 Å². The molecule has 2 rings (SSSR count). The van der Waals surface area contributed by atoms with E-state index in [2.05, 4.69) is 56.7 Å². The summed E-state index contributed by atoms with van der Waals surface area (Å²) in [6.07, 6.45) is 1.21. The Balaban J connectivity index is 2.04. The van der Waals surface area contributed by atoms with E-state index in [1.165, 1.54) is 6.42 Å². The van der Waals surface area contributed by atoms with Gasteiger partial charge in [0.1, 0.15) is 3.70 Å². The molecule has 0 amide bonds. The minimum absolute atomic E-state index is 0.645. The third-order valence-electron chi connectivity index (χ3n) is 2.84. The van der Waals surface area contributed by atoms with Gasteiger partial charge in [0.2, 0.25) is 0 Å². The van der Waals surface area contributed by atoms with Gasteiger partial charge >= 0.3 is 0 Å². The lowest BCUT2D eigenvalue weighted by atomic mass is 10.2. The zero-order valence-electron chi connectivity index (χ0n) is 9.02. The molecule has 1 aromatic heterocycles. The SMILES string of the molecule is CN(C)C1CCN(c2ccc(I)nn2)C1. The Morgan fingerprint density at radius 2 is 2.20 bits per heavy atom. The molecule has 4 nitrogen and oxygen atoms in total. The van der Waals surface area contributed by atoms with Gasteiger partial charge in [0, 0.05) is 19.1 Å². The van der Waals surface area contributed by atoms with Crippen LogP contribution in [0.25, 0.3) is 0 Å². The molecule has 0 N–H and O–H groups in total. The molecule has 1 aromatic rings. The fourth-order valence-corrected chi connectivity index (χ4v) is 2.14. The van der Waals surface area contributed by atoms with Crippen molar-refractivity contribution in [2.45, 2.75) is 12.5 Å².